The number of unbranched alkanes of at least 4 members (excludes halogenated alkanes) is 15. The van der Waals surface area contributed by atoms with Crippen molar-refractivity contribution in [2.75, 3.05) is 13.2 Å². The van der Waals surface area contributed by atoms with Gasteiger partial charge in [0.25, 0.3) is 0 Å². The topological polar surface area (TPSA) is 78.9 Å². The van der Waals surface area contributed by atoms with Gasteiger partial charge < -0.3 is 14.2 Å². The van der Waals surface area contributed by atoms with Crippen LogP contribution in [0.3, 0.4) is 0 Å². The normalized spacial score (nSPS) is 13.1. The SMILES string of the molecule is CC/C=C\C/C=C\C/C=C\C/C=C\C/C=C\C/C=C\C/C=C\CCCCCC(=O)OCC(COC(=O)CCCCCCCCCCCCCCC)OC(=O)CC/C=C\C/C=C\C/C=C\C/C=C\CC. The molecule has 69 heavy (non-hydrogen) atoms. The van der Waals surface area contributed by atoms with Gasteiger partial charge in [-0.05, 0) is 103 Å². The first-order chi connectivity index (χ1) is 34.0. The Kier molecular flexibility index (Phi) is 52.5. The predicted molar refractivity (Wildman–Crippen MR) is 297 cm³/mol. The lowest BCUT2D eigenvalue weighted by Gasteiger charge is -2.18. The number of rotatable bonds is 48. The predicted octanol–water partition coefficient (Wildman–Crippen LogP) is 18.6. The molecule has 0 aromatic heterocycles. The van der Waals surface area contributed by atoms with Gasteiger partial charge in [-0.15, -0.1) is 0 Å². The largest absolute Gasteiger partial charge is 0.462 e. The zero-order chi connectivity index (χ0) is 50.0. The molecule has 0 aliphatic rings. The maximum atomic E-state index is 12.8. The summed E-state index contributed by atoms with van der Waals surface area (Å²) in [6, 6.07) is 0. The first-order valence-corrected chi connectivity index (χ1v) is 27.7. The van der Waals surface area contributed by atoms with Crippen molar-refractivity contribution in [3.63, 3.8) is 0 Å². The van der Waals surface area contributed by atoms with Crippen molar-refractivity contribution in [2.45, 2.75) is 232 Å². The maximum Gasteiger partial charge on any atom is 0.306 e. The van der Waals surface area contributed by atoms with Gasteiger partial charge in [-0.1, -0.05) is 238 Å². The molecule has 0 heterocycles. The van der Waals surface area contributed by atoms with Gasteiger partial charge in [0.15, 0.2) is 6.10 Å². The second-order valence-corrected chi connectivity index (χ2v) is 17.7. The number of allylic oxidation sites excluding steroid dienone is 22. The van der Waals surface area contributed by atoms with Gasteiger partial charge in [-0.25, -0.2) is 0 Å². The van der Waals surface area contributed by atoms with Gasteiger partial charge in [0, 0.05) is 19.3 Å². The van der Waals surface area contributed by atoms with Crippen molar-refractivity contribution in [1.82, 2.24) is 0 Å². The van der Waals surface area contributed by atoms with Gasteiger partial charge in [-0.2, -0.15) is 0 Å². The van der Waals surface area contributed by atoms with Gasteiger partial charge in [0.1, 0.15) is 13.2 Å². The molecule has 6 nitrogen and oxygen atoms in total. The van der Waals surface area contributed by atoms with E-state index in [4.69, 9.17) is 14.2 Å². The molecule has 0 saturated heterocycles. The van der Waals surface area contributed by atoms with E-state index in [1.54, 1.807) is 0 Å². The van der Waals surface area contributed by atoms with Crippen molar-refractivity contribution in [3.8, 4) is 0 Å². The fourth-order valence-electron chi connectivity index (χ4n) is 7.08. The molecule has 1 unspecified atom stereocenters. The van der Waals surface area contributed by atoms with Crippen LogP contribution in [0.2, 0.25) is 0 Å². The van der Waals surface area contributed by atoms with Crippen LogP contribution in [0.25, 0.3) is 0 Å². The summed E-state index contributed by atoms with van der Waals surface area (Å²) in [6.45, 7) is 6.30. The lowest BCUT2D eigenvalue weighted by molar-refractivity contribution is -0.166. The number of ether oxygens (including phenoxy) is 3. The fraction of sp³-hybridized carbons (Fsp3) is 0.603. The van der Waals surface area contributed by atoms with Gasteiger partial charge in [-0.3, -0.25) is 14.4 Å². The maximum absolute atomic E-state index is 12.8. The summed E-state index contributed by atoms with van der Waals surface area (Å²) in [6.07, 6.45) is 78.9. The highest BCUT2D eigenvalue weighted by molar-refractivity contribution is 5.71. The third-order valence-corrected chi connectivity index (χ3v) is 11.2. The van der Waals surface area contributed by atoms with Crippen LogP contribution in [0.1, 0.15) is 226 Å². The second-order valence-electron chi connectivity index (χ2n) is 17.7. The Morgan fingerprint density at radius 2 is 0.594 bits per heavy atom. The molecule has 0 aliphatic heterocycles. The minimum atomic E-state index is -0.833. The zero-order valence-electron chi connectivity index (χ0n) is 44.3. The first kappa shape index (κ1) is 64.5. The van der Waals surface area contributed by atoms with Crippen molar-refractivity contribution in [1.29, 1.82) is 0 Å². The Hall–Kier alpha value is -4.45. The molecule has 0 aromatic carbocycles. The molecule has 0 saturated carbocycles. The summed E-state index contributed by atoms with van der Waals surface area (Å²) in [4.78, 5) is 38.0. The van der Waals surface area contributed by atoms with Gasteiger partial charge in [0.2, 0.25) is 0 Å². The number of carbonyl (C=O) groups is 3. The van der Waals surface area contributed by atoms with E-state index < -0.39 is 12.1 Å². The molecule has 0 rings (SSSR count). The quantitative estimate of drug-likeness (QED) is 0.0262. The Morgan fingerprint density at radius 3 is 0.942 bits per heavy atom. The summed E-state index contributed by atoms with van der Waals surface area (Å²) < 4.78 is 16.7. The molecule has 388 valence electrons. The fourth-order valence-corrected chi connectivity index (χ4v) is 7.08. The minimum absolute atomic E-state index is 0.120. The monoisotopic (exact) mass is 953 g/mol. The van der Waals surface area contributed by atoms with E-state index in [0.29, 0.717) is 19.3 Å². The molecule has 0 aliphatic carbocycles. The summed E-state index contributed by atoms with van der Waals surface area (Å²) in [7, 11) is 0. The summed E-state index contributed by atoms with van der Waals surface area (Å²) >= 11 is 0. The number of hydrogen-bond acceptors (Lipinski definition) is 6. The molecular formula is C63H100O6. The van der Waals surface area contributed by atoms with Crippen LogP contribution in [0.5, 0.6) is 0 Å². The molecule has 0 amide bonds. The second kappa shape index (κ2) is 56.1. The highest BCUT2D eigenvalue weighted by atomic mass is 16.6. The Balaban J connectivity index is 4.47. The lowest BCUT2D eigenvalue weighted by Crippen LogP contribution is -2.30. The zero-order valence-corrected chi connectivity index (χ0v) is 44.3. The highest BCUT2D eigenvalue weighted by Gasteiger charge is 2.19. The van der Waals surface area contributed by atoms with Gasteiger partial charge in [0.05, 0.1) is 0 Å². The summed E-state index contributed by atoms with van der Waals surface area (Å²) in [5, 5.41) is 0. The van der Waals surface area contributed by atoms with E-state index in [9.17, 15) is 14.4 Å². The molecule has 0 aromatic rings. The molecule has 0 radical (unpaired) electrons. The van der Waals surface area contributed by atoms with Crippen LogP contribution in [0.4, 0.5) is 0 Å². The average molecular weight is 953 g/mol. The van der Waals surface area contributed by atoms with E-state index in [2.05, 4.69) is 142 Å². The van der Waals surface area contributed by atoms with Crippen LogP contribution in [-0.4, -0.2) is 37.2 Å². The Labute approximate surface area is 424 Å². The van der Waals surface area contributed by atoms with Crippen LogP contribution >= 0.6 is 0 Å². The van der Waals surface area contributed by atoms with Crippen LogP contribution in [0, 0.1) is 0 Å². The Bertz CT molecular complexity index is 1510. The lowest BCUT2D eigenvalue weighted by atomic mass is 10.0. The van der Waals surface area contributed by atoms with E-state index in [0.717, 1.165) is 116 Å². The van der Waals surface area contributed by atoms with E-state index in [-0.39, 0.29) is 31.6 Å². The molecular weight excluding hydrogens is 853 g/mol. The highest BCUT2D eigenvalue weighted by Crippen LogP contribution is 2.14. The Morgan fingerprint density at radius 1 is 0.304 bits per heavy atom. The minimum Gasteiger partial charge on any atom is -0.462 e. The van der Waals surface area contributed by atoms with Crippen LogP contribution in [-0.2, 0) is 28.6 Å². The molecule has 1 atom stereocenters. The van der Waals surface area contributed by atoms with Crippen molar-refractivity contribution in [2.24, 2.45) is 0 Å². The van der Waals surface area contributed by atoms with E-state index >= 15 is 0 Å². The number of hydrogen-bond donors (Lipinski definition) is 0. The third-order valence-electron chi connectivity index (χ3n) is 11.2. The summed E-state index contributed by atoms with van der Waals surface area (Å²) in [5.74, 6) is -1.04. The summed E-state index contributed by atoms with van der Waals surface area (Å²) in [5.41, 5.74) is 0. The van der Waals surface area contributed by atoms with Crippen molar-refractivity contribution in [3.05, 3.63) is 134 Å². The molecule has 0 bridgehead atoms. The standard InChI is InChI=1S/C63H100O6/c1-4-7-10-13-16-19-22-25-26-27-28-29-30-31-32-33-34-35-36-39-41-44-47-50-53-56-62(65)68-59-60(69-63(66)57-54-51-48-45-42-38-24-21-18-15-12-9-6-3)58-67-61(64)55-52-49-46-43-40-37-23-20-17-14-11-8-5-2/h7,9-10,12,16,18-19,21,25-26,28-29,31-32,34-35,38-39,41-42,48,51,60H,4-6,8,11,13-15,17,20,22-24,27,30,33,36-37,40,43-47,49-50,52-59H2,1-3H3/b10-7-,12-9-,19-16-,21-18-,26-25-,29-28-,32-31-,35-34-,41-39-,42-38-,51-48-. The van der Waals surface area contributed by atoms with E-state index in [1.165, 1.54) is 64.2 Å². The van der Waals surface area contributed by atoms with Crippen molar-refractivity contribution >= 4 is 17.9 Å². The number of carbonyl (C=O) groups excluding carboxylic acids is 3. The molecule has 0 fully saturated rings. The van der Waals surface area contributed by atoms with Gasteiger partial charge >= 0.3 is 17.9 Å². The number of esters is 3. The van der Waals surface area contributed by atoms with Crippen LogP contribution in [0.15, 0.2) is 134 Å². The van der Waals surface area contributed by atoms with Crippen molar-refractivity contribution < 1.29 is 28.6 Å². The smallest absolute Gasteiger partial charge is 0.306 e. The average Bonchev–Trinajstić information content (AvgIpc) is 3.35. The van der Waals surface area contributed by atoms with Crippen LogP contribution < -0.4 is 0 Å². The van der Waals surface area contributed by atoms with E-state index in [1.807, 2.05) is 12.2 Å². The molecule has 0 N–H and O–H groups in total. The first-order valence-electron chi connectivity index (χ1n) is 27.7. The molecule has 0 spiro atoms. The molecule has 6 heteroatoms. The third kappa shape index (κ3) is 54.4.